The zero-order valence-corrected chi connectivity index (χ0v) is 31.9. The fourth-order valence-electron chi connectivity index (χ4n) is 8.64. The van der Waals surface area contributed by atoms with Gasteiger partial charge in [0.2, 0.25) is 0 Å². The molecule has 0 radical (unpaired) electrons. The number of anilines is 3. The smallest absolute Gasteiger partial charge is 0.0782 e. The van der Waals surface area contributed by atoms with Gasteiger partial charge in [-0.25, -0.2) is 0 Å². The van der Waals surface area contributed by atoms with Gasteiger partial charge < -0.3 is 9.47 Å². The maximum atomic E-state index is 2.49. The normalized spacial score (nSPS) is 11.5. The molecule has 0 aliphatic rings. The Morgan fingerprint density at radius 3 is 1.74 bits per heavy atom. The van der Waals surface area contributed by atoms with E-state index >= 15 is 0 Å². The number of fused-ring (bicyclic) bond motifs is 6. The third kappa shape index (κ3) is 5.63. The standard InChI is InChI=1S/C54H36N2S/c1-4-16-37(17-5-1)38-30-33-42(34-31-38)55(50-28-15-25-47-44-22-10-12-26-48(44)56(54(47)50)41-20-8-3-9-21-41)49-27-14-24-43(53(49)39-18-6-2-7-19-39)40-32-35-46-45-23-11-13-29-51(45)57-52(46)36-40/h1-36H. The van der Waals surface area contributed by atoms with Crippen molar-refractivity contribution < 1.29 is 0 Å². The van der Waals surface area contributed by atoms with Crippen molar-refractivity contribution >= 4 is 70.4 Å². The van der Waals surface area contributed by atoms with E-state index in [2.05, 4.69) is 228 Å². The number of thiophene rings is 1. The lowest BCUT2D eigenvalue weighted by atomic mass is 9.91. The van der Waals surface area contributed by atoms with Crippen LogP contribution in [0, 0.1) is 0 Å². The molecule has 11 rings (SSSR count). The molecule has 0 N–H and O–H groups in total. The zero-order valence-electron chi connectivity index (χ0n) is 31.1. The third-order valence-corrected chi connectivity index (χ3v) is 12.3. The van der Waals surface area contributed by atoms with Crippen LogP contribution in [0.5, 0.6) is 0 Å². The van der Waals surface area contributed by atoms with E-state index in [1.807, 2.05) is 11.3 Å². The molecule has 2 heterocycles. The molecule has 0 saturated heterocycles. The van der Waals surface area contributed by atoms with E-state index in [0.717, 1.165) is 28.3 Å². The molecule has 0 atom stereocenters. The van der Waals surface area contributed by atoms with Crippen LogP contribution in [0.25, 0.3) is 81.0 Å². The summed E-state index contributed by atoms with van der Waals surface area (Å²) < 4.78 is 5.05. The highest BCUT2D eigenvalue weighted by Gasteiger charge is 2.25. The van der Waals surface area contributed by atoms with E-state index in [1.54, 1.807) is 0 Å². The van der Waals surface area contributed by atoms with Crippen LogP contribution >= 0.6 is 11.3 Å². The summed E-state index contributed by atoms with van der Waals surface area (Å²) in [6, 6.07) is 79.5. The number of rotatable bonds is 7. The van der Waals surface area contributed by atoms with Crippen LogP contribution in [-0.4, -0.2) is 4.57 Å². The summed E-state index contributed by atoms with van der Waals surface area (Å²) >= 11 is 1.87. The van der Waals surface area contributed by atoms with E-state index in [1.165, 1.54) is 69.8 Å². The van der Waals surface area contributed by atoms with Gasteiger partial charge in [-0.3, -0.25) is 0 Å². The summed E-state index contributed by atoms with van der Waals surface area (Å²) in [5.74, 6) is 0. The van der Waals surface area contributed by atoms with Gasteiger partial charge in [-0.1, -0.05) is 164 Å². The first-order valence-corrected chi connectivity index (χ1v) is 20.3. The van der Waals surface area contributed by atoms with Crippen molar-refractivity contribution in [1.82, 2.24) is 4.57 Å². The molecule has 0 saturated carbocycles. The van der Waals surface area contributed by atoms with Gasteiger partial charge in [-0.2, -0.15) is 0 Å². The fourth-order valence-corrected chi connectivity index (χ4v) is 9.78. The summed E-state index contributed by atoms with van der Waals surface area (Å²) in [7, 11) is 0. The lowest BCUT2D eigenvalue weighted by molar-refractivity contribution is 1.17. The maximum Gasteiger partial charge on any atom is 0.0782 e. The number of hydrogen-bond acceptors (Lipinski definition) is 2. The minimum absolute atomic E-state index is 1.08. The SMILES string of the molecule is c1ccc(-c2ccc(N(c3cccc(-c4ccc5c(c4)sc4ccccc45)c3-c3ccccc3)c3cccc4c5ccccc5n(-c5ccccc5)c34)cc2)cc1. The zero-order chi connectivity index (χ0) is 37.7. The second kappa shape index (κ2) is 13.8. The number of nitrogens with zero attached hydrogens (tertiary/aromatic N) is 2. The van der Waals surface area contributed by atoms with Crippen LogP contribution in [0.3, 0.4) is 0 Å². The topological polar surface area (TPSA) is 8.17 Å². The highest BCUT2D eigenvalue weighted by Crippen LogP contribution is 2.49. The van der Waals surface area contributed by atoms with Gasteiger partial charge in [0.1, 0.15) is 0 Å². The van der Waals surface area contributed by atoms with Crippen molar-refractivity contribution in [2.24, 2.45) is 0 Å². The first kappa shape index (κ1) is 33.2. The summed E-state index contributed by atoms with van der Waals surface area (Å²) in [6.45, 7) is 0. The molecule has 0 amide bonds. The lowest BCUT2D eigenvalue weighted by Crippen LogP contribution is -2.13. The molecule has 0 aliphatic heterocycles. The first-order chi connectivity index (χ1) is 28.3. The molecule has 0 bridgehead atoms. The van der Waals surface area contributed by atoms with Crippen molar-refractivity contribution in [3.63, 3.8) is 0 Å². The molecular weight excluding hydrogens is 709 g/mol. The van der Waals surface area contributed by atoms with Crippen molar-refractivity contribution in [3.8, 4) is 39.1 Å². The van der Waals surface area contributed by atoms with E-state index in [9.17, 15) is 0 Å². The van der Waals surface area contributed by atoms with Gasteiger partial charge in [0.05, 0.1) is 22.4 Å². The minimum atomic E-state index is 1.08. The number of para-hydroxylation sites is 3. The minimum Gasteiger partial charge on any atom is -0.308 e. The van der Waals surface area contributed by atoms with Crippen molar-refractivity contribution in [2.75, 3.05) is 4.90 Å². The van der Waals surface area contributed by atoms with Gasteiger partial charge in [0.15, 0.2) is 0 Å². The van der Waals surface area contributed by atoms with Gasteiger partial charge in [0.25, 0.3) is 0 Å². The Balaban J connectivity index is 1.22. The van der Waals surface area contributed by atoms with Crippen molar-refractivity contribution in [1.29, 1.82) is 0 Å². The Morgan fingerprint density at radius 2 is 0.947 bits per heavy atom. The van der Waals surface area contributed by atoms with Crippen LogP contribution in [0.2, 0.25) is 0 Å². The van der Waals surface area contributed by atoms with Gasteiger partial charge in [0, 0.05) is 47.9 Å². The van der Waals surface area contributed by atoms with Crippen LogP contribution in [-0.2, 0) is 0 Å². The molecule has 268 valence electrons. The summed E-state index contributed by atoms with van der Waals surface area (Å²) in [6.07, 6.45) is 0. The average Bonchev–Trinajstić information content (AvgIpc) is 3.83. The van der Waals surface area contributed by atoms with Gasteiger partial charge in [-0.15, -0.1) is 11.3 Å². The predicted molar refractivity (Wildman–Crippen MR) is 245 cm³/mol. The third-order valence-electron chi connectivity index (χ3n) is 11.2. The molecule has 0 aliphatic carbocycles. The second-order valence-electron chi connectivity index (χ2n) is 14.5. The Labute approximate surface area is 335 Å². The fraction of sp³-hybridized carbons (Fsp3) is 0. The molecule has 0 fully saturated rings. The van der Waals surface area contributed by atoms with Crippen LogP contribution < -0.4 is 4.90 Å². The molecule has 3 heteroatoms. The predicted octanol–water partition coefficient (Wildman–Crippen LogP) is 15.6. The Bertz CT molecular complexity index is 3220. The number of hydrogen-bond donors (Lipinski definition) is 0. The van der Waals surface area contributed by atoms with Gasteiger partial charge in [-0.05, 0) is 82.4 Å². The van der Waals surface area contributed by atoms with E-state index in [4.69, 9.17) is 0 Å². The Morgan fingerprint density at radius 1 is 0.368 bits per heavy atom. The van der Waals surface area contributed by atoms with E-state index < -0.39 is 0 Å². The molecule has 0 spiro atoms. The molecule has 57 heavy (non-hydrogen) atoms. The summed E-state index contributed by atoms with van der Waals surface area (Å²) in [5.41, 5.74) is 13.9. The van der Waals surface area contributed by atoms with Crippen molar-refractivity contribution in [3.05, 3.63) is 218 Å². The number of aromatic nitrogens is 1. The van der Waals surface area contributed by atoms with E-state index in [-0.39, 0.29) is 0 Å². The monoisotopic (exact) mass is 744 g/mol. The largest absolute Gasteiger partial charge is 0.308 e. The van der Waals surface area contributed by atoms with Crippen LogP contribution in [0.15, 0.2) is 218 Å². The Hall–Kier alpha value is -7.20. The second-order valence-corrected chi connectivity index (χ2v) is 15.6. The molecule has 2 aromatic heterocycles. The molecule has 2 nitrogen and oxygen atoms in total. The van der Waals surface area contributed by atoms with Gasteiger partial charge >= 0.3 is 0 Å². The molecule has 9 aromatic carbocycles. The first-order valence-electron chi connectivity index (χ1n) is 19.4. The Kier molecular flexibility index (Phi) is 8.04. The highest BCUT2D eigenvalue weighted by atomic mass is 32.1. The molecule has 11 aromatic rings. The summed E-state index contributed by atoms with van der Waals surface area (Å²) in [4.78, 5) is 2.49. The molecule has 0 unspecified atom stereocenters. The highest BCUT2D eigenvalue weighted by molar-refractivity contribution is 7.25. The quantitative estimate of drug-likeness (QED) is 0.158. The average molecular weight is 745 g/mol. The summed E-state index contributed by atoms with van der Waals surface area (Å²) in [5, 5.41) is 5.06. The van der Waals surface area contributed by atoms with Crippen LogP contribution in [0.1, 0.15) is 0 Å². The maximum absolute atomic E-state index is 2.49. The molecular formula is C54H36N2S. The van der Waals surface area contributed by atoms with Crippen molar-refractivity contribution in [2.45, 2.75) is 0 Å². The van der Waals surface area contributed by atoms with Crippen LogP contribution in [0.4, 0.5) is 17.1 Å². The lowest BCUT2D eigenvalue weighted by Gasteiger charge is -2.30. The number of benzene rings is 9. The van der Waals surface area contributed by atoms with E-state index in [0.29, 0.717) is 0 Å².